The Hall–Kier alpha value is -3.44. The zero-order valence-electron chi connectivity index (χ0n) is 15.1. The van der Waals surface area contributed by atoms with Crippen molar-refractivity contribution < 1.29 is 10.2 Å². The summed E-state index contributed by atoms with van der Waals surface area (Å²) < 4.78 is 1.54. The van der Waals surface area contributed by atoms with Gasteiger partial charge in [-0.15, -0.1) is 0 Å². The highest BCUT2D eigenvalue weighted by molar-refractivity contribution is 5.79. The smallest absolute Gasteiger partial charge is 0.223 e. The van der Waals surface area contributed by atoms with Gasteiger partial charge in [-0.2, -0.15) is 10.4 Å². The topological polar surface area (TPSA) is 120 Å². The third-order valence-corrected chi connectivity index (χ3v) is 3.82. The van der Waals surface area contributed by atoms with Crippen LogP contribution in [0, 0.1) is 18.3 Å². The number of nitrogens with zero attached hydrogens (tertiary/aromatic N) is 5. The quantitative estimate of drug-likeness (QED) is 0.614. The van der Waals surface area contributed by atoms with Crippen molar-refractivity contribution in [1.29, 1.82) is 5.26 Å². The van der Waals surface area contributed by atoms with Crippen molar-refractivity contribution in [2.45, 2.75) is 26.5 Å². The van der Waals surface area contributed by atoms with Crippen LogP contribution < -0.4 is 5.32 Å². The van der Waals surface area contributed by atoms with E-state index in [4.69, 9.17) is 5.26 Å². The standard InChI is InChI=1S/C19H20N6O2/c1-12-7-14(9-15(27)8-12)18-16(11-25(24-18)6-4-20)17-3-5-21-19(23-17)22-10-13(2)26/h3,5,7-9,11,13,26-27H,6,10H2,1-2H3,(H,21,22,23)/t13-/m0/s1. The lowest BCUT2D eigenvalue weighted by Gasteiger charge is -2.08. The summed E-state index contributed by atoms with van der Waals surface area (Å²) >= 11 is 0. The van der Waals surface area contributed by atoms with Crippen LogP contribution in [0.4, 0.5) is 5.95 Å². The van der Waals surface area contributed by atoms with E-state index >= 15 is 0 Å². The molecule has 0 aliphatic rings. The fourth-order valence-corrected chi connectivity index (χ4v) is 2.71. The molecule has 0 amide bonds. The summed E-state index contributed by atoms with van der Waals surface area (Å²) in [5, 5.41) is 35.8. The minimum Gasteiger partial charge on any atom is -0.508 e. The average molecular weight is 364 g/mol. The fraction of sp³-hybridized carbons (Fsp3) is 0.263. The van der Waals surface area contributed by atoms with E-state index in [1.165, 1.54) is 4.68 Å². The Morgan fingerprint density at radius 1 is 1.33 bits per heavy atom. The van der Waals surface area contributed by atoms with E-state index in [-0.39, 0.29) is 12.3 Å². The summed E-state index contributed by atoms with van der Waals surface area (Å²) in [6, 6.07) is 9.03. The van der Waals surface area contributed by atoms with Crippen LogP contribution in [-0.2, 0) is 6.54 Å². The highest BCUT2D eigenvalue weighted by Gasteiger charge is 2.16. The molecular formula is C19H20N6O2. The first-order valence-electron chi connectivity index (χ1n) is 8.47. The van der Waals surface area contributed by atoms with Crippen molar-refractivity contribution in [3.63, 3.8) is 0 Å². The Morgan fingerprint density at radius 3 is 2.85 bits per heavy atom. The number of aromatic hydroxyl groups is 1. The van der Waals surface area contributed by atoms with Crippen LogP contribution in [0.1, 0.15) is 12.5 Å². The predicted molar refractivity (Wildman–Crippen MR) is 101 cm³/mol. The van der Waals surface area contributed by atoms with Gasteiger partial charge in [0.1, 0.15) is 18.0 Å². The molecule has 0 aliphatic heterocycles. The van der Waals surface area contributed by atoms with Crippen molar-refractivity contribution in [2.75, 3.05) is 11.9 Å². The van der Waals surface area contributed by atoms with E-state index in [0.29, 0.717) is 23.9 Å². The lowest BCUT2D eigenvalue weighted by molar-refractivity contribution is 0.208. The number of hydrogen-bond donors (Lipinski definition) is 3. The van der Waals surface area contributed by atoms with Crippen LogP contribution in [0.3, 0.4) is 0 Å². The van der Waals surface area contributed by atoms with E-state index in [1.807, 2.05) is 13.0 Å². The Kier molecular flexibility index (Phi) is 5.33. The third-order valence-electron chi connectivity index (χ3n) is 3.82. The van der Waals surface area contributed by atoms with Gasteiger partial charge in [-0.25, -0.2) is 9.97 Å². The van der Waals surface area contributed by atoms with Gasteiger partial charge < -0.3 is 15.5 Å². The van der Waals surface area contributed by atoms with Gasteiger partial charge in [0.2, 0.25) is 5.95 Å². The van der Waals surface area contributed by atoms with Gasteiger partial charge in [0.15, 0.2) is 0 Å². The Balaban J connectivity index is 2.07. The molecule has 8 nitrogen and oxygen atoms in total. The van der Waals surface area contributed by atoms with E-state index in [2.05, 4.69) is 26.5 Å². The maximum Gasteiger partial charge on any atom is 0.223 e. The van der Waals surface area contributed by atoms with Crippen molar-refractivity contribution in [1.82, 2.24) is 19.7 Å². The molecule has 0 radical (unpaired) electrons. The Bertz CT molecular complexity index is 970. The summed E-state index contributed by atoms with van der Waals surface area (Å²) in [4.78, 5) is 8.65. The molecule has 0 spiro atoms. The second-order valence-electron chi connectivity index (χ2n) is 6.30. The van der Waals surface area contributed by atoms with Gasteiger partial charge in [0, 0.05) is 30.1 Å². The Morgan fingerprint density at radius 2 is 2.15 bits per heavy atom. The lowest BCUT2D eigenvalue weighted by atomic mass is 10.0. The number of benzene rings is 1. The maximum atomic E-state index is 9.95. The highest BCUT2D eigenvalue weighted by Crippen LogP contribution is 2.32. The number of nitriles is 1. The normalized spacial score (nSPS) is 11.8. The molecule has 0 aliphatic carbocycles. The second-order valence-corrected chi connectivity index (χ2v) is 6.30. The SMILES string of the molecule is Cc1cc(O)cc(-c2nn(CC#N)cc2-c2ccnc(NC[C@H](C)O)n2)c1. The van der Waals surface area contributed by atoms with Crippen molar-refractivity contribution in [3.05, 3.63) is 42.2 Å². The minimum absolute atomic E-state index is 0.100. The van der Waals surface area contributed by atoms with E-state index < -0.39 is 6.10 Å². The molecule has 0 bridgehead atoms. The molecule has 3 rings (SSSR count). The molecule has 2 heterocycles. The number of hydrogen-bond acceptors (Lipinski definition) is 7. The second kappa shape index (κ2) is 7.85. The van der Waals surface area contributed by atoms with Crippen LogP contribution in [0.15, 0.2) is 36.7 Å². The zero-order chi connectivity index (χ0) is 19.4. The van der Waals surface area contributed by atoms with Crippen LogP contribution >= 0.6 is 0 Å². The molecule has 2 aromatic heterocycles. The number of aryl methyl sites for hydroxylation is 1. The number of nitrogens with one attached hydrogen (secondary N) is 1. The monoisotopic (exact) mass is 364 g/mol. The molecule has 1 aromatic carbocycles. The summed E-state index contributed by atoms with van der Waals surface area (Å²) in [5.41, 5.74) is 3.59. The molecule has 8 heteroatoms. The molecule has 3 aromatic rings. The molecule has 138 valence electrons. The maximum absolute atomic E-state index is 9.95. The van der Waals surface area contributed by atoms with Gasteiger partial charge in [-0.1, -0.05) is 0 Å². The summed E-state index contributed by atoms with van der Waals surface area (Å²) in [7, 11) is 0. The number of rotatable bonds is 6. The number of phenolic OH excluding ortho intramolecular Hbond substituents is 1. The van der Waals surface area contributed by atoms with E-state index in [1.54, 1.807) is 37.5 Å². The summed E-state index contributed by atoms with van der Waals surface area (Å²) in [6.45, 7) is 3.99. The fourth-order valence-electron chi connectivity index (χ4n) is 2.71. The molecule has 0 unspecified atom stereocenters. The van der Waals surface area contributed by atoms with Gasteiger partial charge >= 0.3 is 0 Å². The number of anilines is 1. The third kappa shape index (κ3) is 4.40. The number of aliphatic hydroxyl groups excluding tert-OH is 1. The van der Waals surface area contributed by atoms with Gasteiger partial charge in [0.05, 0.1) is 17.9 Å². The van der Waals surface area contributed by atoms with Gasteiger partial charge in [-0.05, 0) is 43.7 Å². The minimum atomic E-state index is -0.526. The molecule has 0 saturated carbocycles. The molecule has 27 heavy (non-hydrogen) atoms. The number of aliphatic hydroxyl groups is 1. The van der Waals surface area contributed by atoms with Crippen LogP contribution in [0.5, 0.6) is 5.75 Å². The molecule has 1 atom stereocenters. The largest absolute Gasteiger partial charge is 0.508 e. The summed E-state index contributed by atoms with van der Waals surface area (Å²) in [5.74, 6) is 0.534. The first-order chi connectivity index (χ1) is 13.0. The molecule has 0 fully saturated rings. The highest BCUT2D eigenvalue weighted by atomic mass is 16.3. The van der Waals surface area contributed by atoms with Crippen molar-refractivity contribution >= 4 is 5.95 Å². The number of aromatic nitrogens is 4. The van der Waals surface area contributed by atoms with Crippen LogP contribution in [0.2, 0.25) is 0 Å². The van der Waals surface area contributed by atoms with Gasteiger partial charge in [-0.3, -0.25) is 4.68 Å². The van der Waals surface area contributed by atoms with Crippen molar-refractivity contribution in [2.24, 2.45) is 0 Å². The molecular weight excluding hydrogens is 344 g/mol. The lowest BCUT2D eigenvalue weighted by Crippen LogP contribution is -2.16. The van der Waals surface area contributed by atoms with Crippen LogP contribution in [-0.4, -0.2) is 42.6 Å². The first-order valence-corrected chi connectivity index (χ1v) is 8.47. The molecule has 3 N–H and O–H groups in total. The zero-order valence-corrected chi connectivity index (χ0v) is 15.1. The van der Waals surface area contributed by atoms with E-state index in [0.717, 1.165) is 16.7 Å². The average Bonchev–Trinajstić information content (AvgIpc) is 3.04. The van der Waals surface area contributed by atoms with E-state index in [9.17, 15) is 10.2 Å². The van der Waals surface area contributed by atoms with Crippen LogP contribution in [0.25, 0.3) is 22.5 Å². The van der Waals surface area contributed by atoms with Gasteiger partial charge in [0.25, 0.3) is 0 Å². The number of phenols is 1. The summed E-state index contributed by atoms with van der Waals surface area (Å²) in [6.07, 6.45) is 2.84. The van der Waals surface area contributed by atoms with Crippen molar-refractivity contribution in [3.8, 4) is 34.3 Å². The Labute approximate surface area is 156 Å². The predicted octanol–water partition coefficient (Wildman–Crippen LogP) is 2.34. The first kappa shape index (κ1) is 18.4. The molecule has 0 saturated heterocycles.